The molecule has 1 fully saturated rings. The highest BCUT2D eigenvalue weighted by Crippen LogP contribution is 2.27. The molecule has 0 aromatic heterocycles. The summed E-state index contributed by atoms with van der Waals surface area (Å²) in [7, 11) is 0. The first kappa shape index (κ1) is 15.5. The molecule has 0 bridgehead atoms. The van der Waals surface area contributed by atoms with Gasteiger partial charge in [-0.2, -0.15) is 0 Å². The highest BCUT2D eigenvalue weighted by atomic mass is 16.4. The summed E-state index contributed by atoms with van der Waals surface area (Å²) in [5.41, 5.74) is 0. The van der Waals surface area contributed by atoms with Gasteiger partial charge in [0.15, 0.2) is 0 Å². The van der Waals surface area contributed by atoms with Crippen molar-refractivity contribution in [3.05, 3.63) is 0 Å². The van der Waals surface area contributed by atoms with Crippen molar-refractivity contribution in [3.63, 3.8) is 0 Å². The molecule has 0 aliphatic heterocycles. The van der Waals surface area contributed by atoms with Crippen molar-refractivity contribution in [3.8, 4) is 0 Å². The van der Waals surface area contributed by atoms with Crippen molar-refractivity contribution in [2.75, 3.05) is 13.1 Å². The van der Waals surface area contributed by atoms with Gasteiger partial charge in [0, 0.05) is 25.9 Å². The average Bonchev–Trinajstić information content (AvgIpc) is 2.86. The van der Waals surface area contributed by atoms with Crippen LogP contribution in [0.15, 0.2) is 0 Å². The molecular formula is C13H22N2O4. The van der Waals surface area contributed by atoms with E-state index in [0.717, 1.165) is 25.7 Å². The van der Waals surface area contributed by atoms with Gasteiger partial charge < -0.3 is 15.3 Å². The fourth-order valence-corrected chi connectivity index (χ4v) is 2.39. The van der Waals surface area contributed by atoms with Crippen LogP contribution in [0.2, 0.25) is 0 Å². The number of carboxylic acid groups (broad SMARTS) is 1. The Labute approximate surface area is 113 Å². The van der Waals surface area contributed by atoms with Gasteiger partial charge in [-0.3, -0.25) is 9.59 Å². The fraction of sp³-hybridized carbons (Fsp3) is 0.769. The number of hydrogen-bond acceptors (Lipinski definition) is 3. The molecule has 1 atom stereocenters. The fourth-order valence-electron chi connectivity index (χ4n) is 2.39. The van der Waals surface area contributed by atoms with Gasteiger partial charge in [-0.25, -0.2) is 4.79 Å². The Morgan fingerprint density at radius 3 is 2.37 bits per heavy atom. The van der Waals surface area contributed by atoms with Gasteiger partial charge in [0.05, 0.1) is 0 Å². The van der Waals surface area contributed by atoms with Crippen LogP contribution in [-0.4, -0.2) is 46.9 Å². The lowest BCUT2D eigenvalue weighted by Gasteiger charge is -2.29. The molecule has 6 nitrogen and oxygen atoms in total. The quantitative estimate of drug-likeness (QED) is 0.740. The minimum atomic E-state index is -1.02. The lowest BCUT2D eigenvalue weighted by Crippen LogP contribution is -2.48. The van der Waals surface area contributed by atoms with Gasteiger partial charge in [0.2, 0.25) is 11.8 Å². The molecule has 0 spiro atoms. The first-order chi connectivity index (χ1) is 8.93. The van der Waals surface area contributed by atoms with E-state index in [1.54, 1.807) is 0 Å². The minimum absolute atomic E-state index is 0.0564. The Bertz CT molecular complexity index is 351. The molecule has 2 amide bonds. The number of hydrogen-bond donors (Lipinski definition) is 2. The van der Waals surface area contributed by atoms with E-state index in [0.29, 0.717) is 0 Å². The molecule has 0 heterocycles. The second kappa shape index (κ2) is 7.11. The van der Waals surface area contributed by atoms with E-state index in [-0.39, 0.29) is 30.8 Å². The zero-order valence-corrected chi connectivity index (χ0v) is 11.5. The second-order valence-corrected chi connectivity index (χ2v) is 5.01. The SMILES string of the molecule is CC(=O)NCCN(C(=O)C1CCCC1)C(C)C(=O)O. The number of nitrogens with zero attached hydrogens (tertiary/aromatic N) is 1. The number of carboxylic acids is 1. The summed E-state index contributed by atoms with van der Waals surface area (Å²) in [6, 6.07) is -0.859. The Hall–Kier alpha value is -1.59. The van der Waals surface area contributed by atoms with Crippen molar-refractivity contribution >= 4 is 17.8 Å². The van der Waals surface area contributed by atoms with Gasteiger partial charge in [0.1, 0.15) is 6.04 Å². The monoisotopic (exact) mass is 270 g/mol. The Morgan fingerprint density at radius 2 is 1.89 bits per heavy atom. The molecular weight excluding hydrogens is 248 g/mol. The van der Waals surface area contributed by atoms with Crippen LogP contribution in [0.5, 0.6) is 0 Å². The maximum atomic E-state index is 12.3. The van der Waals surface area contributed by atoms with E-state index in [1.807, 2.05) is 0 Å². The Kier molecular flexibility index (Phi) is 5.79. The zero-order chi connectivity index (χ0) is 14.4. The van der Waals surface area contributed by atoms with Crippen LogP contribution in [-0.2, 0) is 14.4 Å². The van der Waals surface area contributed by atoms with E-state index in [4.69, 9.17) is 5.11 Å². The van der Waals surface area contributed by atoms with Gasteiger partial charge in [-0.05, 0) is 19.8 Å². The van der Waals surface area contributed by atoms with Gasteiger partial charge in [0.25, 0.3) is 0 Å². The van der Waals surface area contributed by atoms with Crippen LogP contribution >= 0.6 is 0 Å². The topological polar surface area (TPSA) is 86.7 Å². The minimum Gasteiger partial charge on any atom is -0.480 e. The third-order valence-corrected chi connectivity index (χ3v) is 3.54. The average molecular weight is 270 g/mol. The summed E-state index contributed by atoms with van der Waals surface area (Å²) in [4.78, 5) is 35.6. The summed E-state index contributed by atoms with van der Waals surface area (Å²) in [6.07, 6.45) is 3.72. The predicted octanol–water partition coefficient (Wildman–Crippen LogP) is 0.614. The van der Waals surface area contributed by atoms with Crippen LogP contribution < -0.4 is 5.32 Å². The molecule has 2 N–H and O–H groups in total. The molecule has 1 saturated carbocycles. The maximum absolute atomic E-state index is 12.3. The smallest absolute Gasteiger partial charge is 0.326 e. The van der Waals surface area contributed by atoms with Crippen molar-refractivity contribution in [1.29, 1.82) is 0 Å². The maximum Gasteiger partial charge on any atom is 0.326 e. The molecule has 1 rings (SSSR count). The first-order valence-corrected chi connectivity index (χ1v) is 6.71. The van der Waals surface area contributed by atoms with Crippen LogP contribution in [0.1, 0.15) is 39.5 Å². The third-order valence-electron chi connectivity index (χ3n) is 3.54. The number of carbonyl (C=O) groups excluding carboxylic acids is 2. The van der Waals surface area contributed by atoms with Crippen molar-refractivity contribution in [2.24, 2.45) is 5.92 Å². The molecule has 1 aliphatic rings. The summed E-state index contributed by atoms with van der Waals surface area (Å²) in [5.74, 6) is -1.36. The van der Waals surface area contributed by atoms with Gasteiger partial charge >= 0.3 is 5.97 Å². The molecule has 6 heteroatoms. The van der Waals surface area contributed by atoms with Crippen LogP contribution in [0.4, 0.5) is 0 Å². The van der Waals surface area contributed by atoms with Crippen molar-refractivity contribution < 1.29 is 19.5 Å². The Morgan fingerprint density at radius 1 is 1.32 bits per heavy atom. The van der Waals surface area contributed by atoms with E-state index in [1.165, 1.54) is 18.7 Å². The summed E-state index contributed by atoms with van der Waals surface area (Å²) < 4.78 is 0. The van der Waals surface area contributed by atoms with Crippen LogP contribution in [0.25, 0.3) is 0 Å². The summed E-state index contributed by atoms with van der Waals surface area (Å²) in [6.45, 7) is 3.42. The number of amides is 2. The molecule has 19 heavy (non-hydrogen) atoms. The van der Waals surface area contributed by atoms with E-state index < -0.39 is 12.0 Å². The van der Waals surface area contributed by atoms with Crippen molar-refractivity contribution in [2.45, 2.75) is 45.6 Å². The lowest BCUT2D eigenvalue weighted by molar-refractivity contribution is -0.151. The van der Waals surface area contributed by atoms with E-state index >= 15 is 0 Å². The normalized spacial score (nSPS) is 16.9. The van der Waals surface area contributed by atoms with Gasteiger partial charge in [-0.1, -0.05) is 12.8 Å². The number of carbonyl (C=O) groups is 3. The van der Waals surface area contributed by atoms with Crippen molar-refractivity contribution in [1.82, 2.24) is 10.2 Å². The number of nitrogens with one attached hydrogen (secondary N) is 1. The third kappa shape index (κ3) is 4.54. The highest BCUT2D eigenvalue weighted by molar-refractivity contribution is 5.85. The molecule has 108 valence electrons. The first-order valence-electron chi connectivity index (χ1n) is 6.71. The molecule has 0 saturated heterocycles. The number of rotatable bonds is 6. The molecule has 0 aromatic carbocycles. The summed E-state index contributed by atoms with van der Waals surface area (Å²) >= 11 is 0. The molecule has 0 aromatic rings. The van der Waals surface area contributed by atoms with Gasteiger partial charge in [-0.15, -0.1) is 0 Å². The molecule has 0 radical (unpaired) electrons. The predicted molar refractivity (Wildman–Crippen MR) is 69.5 cm³/mol. The largest absolute Gasteiger partial charge is 0.480 e. The van der Waals surface area contributed by atoms with Crippen LogP contribution in [0.3, 0.4) is 0 Å². The second-order valence-electron chi connectivity index (χ2n) is 5.01. The molecule has 1 aliphatic carbocycles. The van der Waals surface area contributed by atoms with Crippen LogP contribution in [0, 0.1) is 5.92 Å². The molecule has 1 unspecified atom stereocenters. The standard InChI is InChI=1S/C13H22N2O4/c1-9(13(18)19)15(8-7-14-10(2)16)12(17)11-5-3-4-6-11/h9,11H,3-8H2,1-2H3,(H,14,16)(H,18,19). The van der Waals surface area contributed by atoms with E-state index in [2.05, 4.69) is 5.32 Å². The summed E-state index contributed by atoms with van der Waals surface area (Å²) in [5, 5.41) is 11.7. The zero-order valence-electron chi connectivity index (χ0n) is 11.5. The lowest BCUT2D eigenvalue weighted by atomic mass is 10.1. The Balaban J connectivity index is 2.64. The highest BCUT2D eigenvalue weighted by Gasteiger charge is 2.32. The van der Waals surface area contributed by atoms with E-state index in [9.17, 15) is 14.4 Å². The number of aliphatic carboxylic acids is 1.